The average Bonchev–Trinajstić information content (AvgIpc) is 2.39. The van der Waals surface area contributed by atoms with E-state index in [0.717, 1.165) is 11.4 Å². The molecule has 0 unspecified atom stereocenters. The van der Waals surface area contributed by atoms with Gasteiger partial charge in [-0.3, -0.25) is 4.55 Å². The van der Waals surface area contributed by atoms with Crippen LogP contribution in [0.5, 0.6) is 0 Å². The zero-order chi connectivity index (χ0) is 13.5. The van der Waals surface area contributed by atoms with Gasteiger partial charge in [0.15, 0.2) is 0 Å². The molecule has 0 bridgehead atoms. The Morgan fingerprint density at radius 1 is 1.18 bits per heavy atom. The van der Waals surface area contributed by atoms with Crippen molar-refractivity contribution < 1.29 is 17.5 Å². The van der Waals surface area contributed by atoms with Crippen LogP contribution in [0.2, 0.25) is 0 Å². The molecule has 98 valence electrons. The summed E-state index contributed by atoms with van der Waals surface area (Å²) >= 11 is 0. The van der Waals surface area contributed by atoms with Crippen LogP contribution in [0.1, 0.15) is 51.2 Å². The zero-order valence-electron chi connectivity index (χ0n) is 11.2. The first kappa shape index (κ1) is 14.2. The minimum atomic E-state index is -4.23. The molecule has 0 aliphatic carbocycles. The van der Waals surface area contributed by atoms with Gasteiger partial charge in [-0.15, -0.1) is 0 Å². The molecule has 1 aromatic heterocycles. The summed E-state index contributed by atoms with van der Waals surface area (Å²) in [5, 5.41) is -0.0301. The quantitative estimate of drug-likeness (QED) is 0.666. The van der Waals surface area contributed by atoms with E-state index in [-0.39, 0.29) is 17.2 Å². The Hall–Kier alpha value is -0.880. The van der Waals surface area contributed by atoms with Crippen LogP contribution >= 0.6 is 0 Å². The van der Waals surface area contributed by atoms with E-state index in [9.17, 15) is 13.0 Å². The summed E-state index contributed by atoms with van der Waals surface area (Å²) in [6.07, 6.45) is 0. The van der Waals surface area contributed by atoms with Gasteiger partial charge in [0, 0.05) is 13.8 Å². The summed E-state index contributed by atoms with van der Waals surface area (Å²) in [6.45, 7) is 11.3. The van der Waals surface area contributed by atoms with Gasteiger partial charge in [-0.1, -0.05) is 0 Å². The van der Waals surface area contributed by atoms with Crippen molar-refractivity contribution in [1.82, 2.24) is 4.57 Å². The van der Waals surface area contributed by atoms with Gasteiger partial charge in [0.05, 0.1) is 12.1 Å². The van der Waals surface area contributed by atoms with E-state index in [1.165, 1.54) is 0 Å². The first-order valence-corrected chi connectivity index (χ1v) is 7.13. The number of imidazole rings is 1. The monoisotopic (exact) mass is 261 g/mol. The van der Waals surface area contributed by atoms with E-state index in [0.29, 0.717) is 0 Å². The third kappa shape index (κ3) is 2.37. The SMILES string of the molecule is Cc1c(C)[n+](C(C)C)c(S(=O)(=O)O)n1C(C)C. The molecule has 0 aliphatic heterocycles. The lowest BCUT2D eigenvalue weighted by molar-refractivity contribution is -0.757. The highest BCUT2D eigenvalue weighted by molar-refractivity contribution is 7.85. The minimum absolute atomic E-state index is 0.0226. The second kappa shape index (κ2) is 4.42. The first-order chi connectivity index (χ1) is 7.59. The summed E-state index contributed by atoms with van der Waals surface area (Å²) in [5.74, 6) is 0. The Bertz CT molecular complexity index is 496. The van der Waals surface area contributed by atoms with Gasteiger partial charge in [0.25, 0.3) is 0 Å². The van der Waals surface area contributed by atoms with Crippen LogP contribution in [0.25, 0.3) is 0 Å². The number of rotatable bonds is 3. The molecule has 17 heavy (non-hydrogen) atoms. The highest BCUT2D eigenvalue weighted by Gasteiger charge is 2.37. The Kier molecular flexibility index (Phi) is 3.69. The average molecular weight is 261 g/mol. The third-order valence-corrected chi connectivity index (χ3v) is 3.78. The normalized spacial score (nSPS) is 12.8. The lowest BCUT2D eigenvalue weighted by Crippen LogP contribution is -2.43. The number of aromatic nitrogens is 2. The Morgan fingerprint density at radius 2 is 1.65 bits per heavy atom. The maximum atomic E-state index is 11.6. The Labute approximate surface area is 103 Å². The summed E-state index contributed by atoms with van der Waals surface area (Å²) in [4.78, 5) is 0. The molecule has 0 amide bonds. The maximum Gasteiger partial charge on any atom is 0.403 e. The number of nitrogens with zero attached hydrogens (tertiary/aromatic N) is 2. The summed E-state index contributed by atoms with van der Waals surface area (Å²) < 4.78 is 35.9. The Balaban J connectivity index is 3.80. The van der Waals surface area contributed by atoms with Crippen LogP contribution in [-0.2, 0) is 10.1 Å². The van der Waals surface area contributed by atoms with Crippen LogP contribution in [-0.4, -0.2) is 17.5 Å². The van der Waals surface area contributed by atoms with Crippen molar-refractivity contribution in [3.05, 3.63) is 11.4 Å². The van der Waals surface area contributed by atoms with Gasteiger partial charge in [-0.25, -0.2) is 9.13 Å². The first-order valence-electron chi connectivity index (χ1n) is 5.69. The molecular weight excluding hydrogens is 240 g/mol. The summed E-state index contributed by atoms with van der Waals surface area (Å²) in [6, 6.07) is -0.0451. The van der Waals surface area contributed by atoms with E-state index >= 15 is 0 Å². The zero-order valence-corrected chi connectivity index (χ0v) is 12.0. The molecule has 1 heterocycles. The molecule has 1 aromatic rings. The van der Waals surface area contributed by atoms with Gasteiger partial charge < -0.3 is 0 Å². The number of hydrogen-bond donors (Lipinski definition) is 1. The Morgan fingerprint density at radius 3 is 1.94 bits per heavy atom. The predicted molar refractivity (Wildman–Crippen MR) is 64.7 cm³/mol. The molecule has 0 atom stereocenters. The molecule has 0 fully saturated rings. The van der Waals surface area contributed by atoms with Gasteiger partial charge in [-0.05, 0) is 27.7 Å². The molecule has 0 aromatic carbocycles. The largest absolute Gasteiger partial charge is 0.403 e. The van der Waals surface area contributed by atoms with Crippen LogP contribution in [0, 0.1) is 13.8 Å². The fraction of sp³-hybridized carbons (Fsp3) is 0.727. The molecular formula is C11H21N2O3S+. The molecule has 0 aliphatic rings. The molecule has 5 nitrogen and oxygen atoms in total. The predicted octanol–water partition coefficient (Wildman–Crippen LogP) is 1.80. The molecule has 0 saturated carbocycles. The molecule has 0 spiro atoms. The lowest BCUT2D eigenvalue weighted by Gasteiger charge is -2.07. The second-order valence-corrected chi connectivity index (χ2v) is 6.17. The van der Waals surface area contributed by atoms with Crippen molar-refractivity contribution in [2.45, 2.75) is 58.8 Å². The van der Waals surface area contributed by atoms with Crippen molar-refractivity contribution in [3.63, 3.8) is 0 Å². The van der Waals surface area contributed by atoms with Crippen molar-refractivity contribution in [2.24, 2.45) is 0 Å². The van der Waals surface area contributed by atoms with Gasteiger partial charge >= 0.3 is 15.3 Å². The highest BCUT2D eigenvalue weighted by atomic mass is 32.2. The maximum absolute atomic E-state index is 11.6. The van der Waals surface area contributed by atoms with Crippen molar-refractivity contribution in [3.8, 4) is 0 Å². The van der Waals surface area contributed by atoms with Crippen molar-refractivity contribution in [2.75, 3.05) is 0 Å². The topological polar surface area (TPSA) is 63.2 Å². The van der Waals surface area contributed by atoms with E-state index in [1.54, 1.807) is 9.13 Å². The second-order valence-electron chi connectivity index (χ2n) is 4.86. The van der Waals surface area contributed by atoms with Crippen LogP contribution in [0.4, 0.5) is 0 Å². The van der Waals surface area contributed by atoms with Crippen LogP contribution in [0.3, 0.4) is 0 Å². The van der Waals surface area contributed by atoms with Gasteiger partial charge in [0.1, 0.15) is 11.4 Å². The molecule has 0 radical (unpaired) electrons. The van der Waals surface area contributed by atoms with E-state index in [4.69, 9.17) is 0 Å². The van der Waals surface area contributed by atoms with E-state index in [2.05, 4.69) is 0 Å². The van der Waals surface area contributed by atoms with Crippen molar-refractivity contribution >= 4 is 10.1 Å². The fourth-order valence-corrected chi connectivity index (χ4v) is 3.41. The summed E-state index contributed by atoms with van der Waals surface area (Å²) in [5.41, 5.74) is 1.72. The van der Waals surface area contributed by atoms with Gasteiger partial charge in [-0.2, -0.15) is 8.42 Å². The standard InChI is InChI=1S/C11H20N2O3S/c1-7(2)12-9(5)10(6)13(8(3)4)11(12)17(14,15)16/h7-8H,1-6H3/p+1. The minimum Gasteiger partial charge on any atom is -0.276 e. The third-order valence-electron chi connectivity index (χ3n) is 2.92. The summed E-state index contributed by atoms with van der Waals surface area (Å²) in [7, 11) is -4.23. The molecule has 1 N–H and O–H groups in total. The molecule has 1 rings (SSSR count). The fourth-order valence-electron chi connectivity index (χ4n) is 2.22. The van der Waals surface area contributed by atoms with E-state index < -0.39 is 10.1 Å². The van der Waals surface area contributed by atoms with Gasteiger partial charge in [0.2, 0.25) is 0 Å². The highest BCUT2D eigenvalue weighted by Crippen LogP contribution is 2.20. The molecule has 6 heteroatoms. The van der Waals surface area contributed by atoms with Crippen molar-refractivity contribution in [1.29, 1.82) is 0 Å². The lowest BCUT2D eigenvalue weighted by atomic mass is 10.3. The smallest absolute Gasteiger partial charge is 0.276 e. The molecule has 0 saturated heterocycles. The van der Waals surface area contributed by atoms with Crippen LogP contribution in [0.15, 0.2) is 5.16 Å². The van der Waals surface area contributed by atoms with Crippen LogP contribution < -0.4 is 4.57 Å². The number of hydrogen-bond acceptors (Lipinski definition) is 2. The van der Waals surface area contributed by atoms with E-state index in [1.807, 2.05) is 41.5 Å².